The van der Waals surface area contributed by atoms with Crippen molar-refractivity contribution in [3.05, 3.63) is 57.5 Å². The van der Waals surface area contributed by atoms with Gasteiger partial charge in [-0.1, -0.05) is 11.6 Å². The number of benzene rings is 1. The number of ether oxygens (including phenoxy) is 1. The molecule has 11 heteroatoms. The average Bonchev–Trinajstić information content (AvgIpc) is 2.50. The van der Waals surface area contributed by atoms with Gasteiger partial charge in [0.25, 0.3) is 5.56 Å². The second-order valence-corrected chi connectivity index (χ2v) is 5.33. The van der Waals surface area contributed by atoms with Gasteiger partial charge in [0.1, 0.15) is 17.9 Å². The third kappa shape index (κ3) is 4.94. The average molecular weight is 397 g/mol. The third-order valence-corrected chi connectivity index (χ3v) is 3.37. The summed E-state index contributed by atoms with van der Waals surface area (Å²) in [4.78, 5) is 23.7. The van der Waals surface area contributed by atoms with Gasteiger partial charge in [-0.05, 0) is 30.3 Å². The van der Waals surface area contributed by atoms with Crippen molar-refractivity contribution in [3.8, 4) is 5.75 Å². The molecule has 1 heterocycles. The molecule has 26 heavy (non-hydrogen) atoms. The summed E-state index contributed by atoms with van der Waals surface area (Å²) in [6, 6.07) is 5.01. The number of amides is 1. The fourth-order valence-corrected chi connectivity index (χ4v) is 2.23. The zero-order valence-corrected chi connectivity index (χ0v) is 13.4. The van der Waals surface area contributed by atoms with E-state index in [9.17, 15) is 31.5 Å². The molecule has 1 aromatic carbocycles. The summed E-state index contributed by atoms with van der Waals surface area (Å²) in [7, 11) is 0. The first kappa shape index (κ1) is 19.7. The topological polar surface area (TPSA) is 60.3 Å². The molecule has 0 aliphatic heterocycles. The van der Waals surface area contributed by atoms with Gasteiger partial charge in [-0.2, -0.15) is 22.0 Å². The number of rotatable bonds is 5. The van der Waals surface area contributed by atoms with E-state index in [0.717, 1.165) is 24.4 Å². The SMILES string of the molecule is O=C(Cn1cccc(C(F)(F)F)c1=O)Nc1ccc(OC(F)F)c(Cl)c1. The Morgan fingerprint density at radius 2 is 1.96 bits per heavy atom. The van der Waals surface area contributed by atoms with E-state index in [-0.39, 0.29) is 16.5 Å². The molecule has 2 aromatic rings. The van der Waals surface area contributed by atoms with Gasteiger partial charge in [0.15, 0.2) is 0 Å². The first-order valence-electron chi connectivity index (χ1n) is 6.89. The zero-order chi connectivity index (χ0) is 19.5. The quantitative estimate of drug-likeness (QED) is 0.783. The summed E-state index contributed by atoms with van der Waals surface area (Å²) in [6.45, 7) is -3.77. The van der Waals surface area contributed by atoms with Crippen LogP contribution in [-0.4, -0.2) is 17.1 Å². The van der Waals surface area contributed by atoms with E-state index < -0.39 is 36.4 Å². The Balaban J connectivity index is 2.13. The number of carbonyl (C=O) groups is 1. The molecule has 140 valence electrons. The molecular weight excluding hydrogens is 387 g/mol. The summed E-state index contributed by atoms with van der Waals surface area (Å²) in [6.07, 6.45) is -3.81. The number of nitrogens with zero attached hydrogens (tertiary/aromatic N) is 1. The molecule has 1 aromatic heterocycles. The van der Waals surface area contributed by atoms with Gasteiger partial charge in [0.2, 0.25) is 5.91 Å². The lowest BCUT2D eigenvalue weighted by Gasteiger charge is -2.12. The van der Waals surface area contributed by atoms with E-state index in [4.69, 9.17) is 11.6 Å². The van der Waals surface area contributed by atoms with Gasteiger partial charge in [0.05, 0.1) is 5.02 Å². The van der Waals surface area contributed by atoms with Gasteiger partial charge in [-0.25, -0.2) is 0 Å². The van der Waals surface area contributed by atoms with Gasteiger partial charge < -0.3 is 14.6 Å². The minimum atomic E-state index is -4.84. The number of aromatic nitrogens is 1. The largest absolute Gasteiger partial charge is 0.433 e. The monoisotopic (exact) mass is 396 g/mol. The second kappa shape index (κ2) is 7.73. The Morgan fingerprint density at radius 3 is 2.54 bits per heavy atom. The van der Waals surface area contributed by atoms with E-state index in [0.29, 0.717) is 10.6 Å². The molecule has 1 N–H and O–H groups in total. The van der Waals surface area contributed by atoms with Gasteiger partial charge in [-0.3, -0.25) is 9.59 Å². The van der Waals surface area contributed by atoms with Crippen LogP contribution in [0.4, 0.5) is 27.6 Å². The standard InChI is InChI=1S/C15H10ClF5N2O3/c16-10-6-8(3-4-11(10)26-14(17)18)22-12(24)7-23-5-1-2-9(13(23)25)15(19,20)21/h1-6,14H,7H2,(H,22,24). The van der Waals surface area contributed by atoms with Crippen molar-refractivity contribution in [1.82, 2.24) is 4.57 Å². The molecule has 0 unspecified atom stereocenters. The minimum Gasteiger partial charge on any atom is -0.433 e. The van der Waals surface area contributed by atoms with Crippen LogP contribution in [0.25, 0.3) is 0 Å². The predicted octanol–water partition coefficient (Wildman–Crippen LogP) is 3.76. The maximum Gasteiger partial charge on any atom is 0.421 e. The highest BCUT2D eigenvalue weighted by Crippen LogP contribution is 2.29. The van der Waals surface area contributed by atoms with E-state index in [1.807, 2.05) is 0 Å². The van der Waals surface area contributed by atoms with Crippen molar-refractivity contribution in [2.75, 3.05) is 5.32 Å². The van der Waals surface area contributed by atoms with Crippen LogP contribution in [0.15, 0.2) is 41.3 Å². The smallest absolute Gasteiger partial charge is 0.421 e. The lowest BCUT2D eigenvalue weighted by molar-refractivity contribution is -0.139. The van der Waals surface area contributed by atoms with Gasteiger partial charge in [-0.15, -0.1) is 0 Å². The molecule has 0 aliphatic rings. The summed E-state index contributed by atoms with van der Waals surface area (Å²) in [5, 5.41) is 2.08. The van der Waals surface area contributed by atoms with Crippen LogP contribution < -0.4 is 15.6 Å². The molecule has 0 bridgehead atoms. The minimum absolute atomic E-state index is 0.0849. The summed E-state index contributed by atoms with van der Waals surface area (Å²) < 4.78 is 67.1. The molecule has 0 spiro atoms. The van der Waals surface area contributed by atoms with E-state index >= 15 is 0 Å². The van der Waals surface area contributed by atoms with Crippen LogP contribution >= 0.6 is 11.6 Å². The van der Waals surface area contributed by atoms with Gasteiger partial charge >= 0.3 is 12.8 Å². The Hall–Kier alpha value is -2.62. The maximum atomic E-state index is 12.7. The Labute approximate surface area is 147 Å². The van der Waals surface area contributed by atoms with Crippen LogP contribution in [0.2, 0.25) is 5.02 Å². The maximum absolute atomic E-state index is 12.7. The molecule has 2 rings (SSSR count). The van der Waals surface area contributed by atoms with Crippen LogP contribution in [0.5, 0.6) is 5.75 Å². The molecule has 0 aliphatic carbocycles. The number of hydrogen-bond acceptors (Lipinski definition) is 3. The third-order valence-electron chi connectivity index (χ3n) is 3.07. The molecule has 0 radical (unpaired) electrons. The van der Waals surface area contributed by atoms with Crippen molar-refractivity contribution >= 4 is 23.2 Å². The highest BCUT2D eigenvalue weighted by Gasteiger charge is 2.34. The number of halogens is 6. The van der Waals surface area contributed by atoms with Crippen LogP contribution in [-0.2, 0) is 17.5 Å². The summed E-state index contributed by atoms with van der Waals surface area (Å²) in [5.41, 5.74) is -2.68. The van der Waals surface area contributed by atoms with Crippen LogP contribution in [0.3, 0.4) is 0 Å². The Bertz CT molecular complexity index is 867. The fourth-order valence-electron chi connectivity index (χ4n) is 2.00. The number of carbonyl (C=O) groups excluding carboxylic acids is 1. The van der Waals surface area contributed by atoms with Crippen molar-refractivity contribution in [2.24, 2.45) is 0 Å². The van der Waals surface area contributed by atoms with Crippen molar-refractivity contribution in [2.45, 2.75) is 19.3 Å². The number of nitrogens with one attached hydrogen (secondary N) is 1. The zero-order valence-electron chi connectivity index (χ0n) is 12.7. The van der Waals surface area contributed by atoms with E-state index in [2.05, 4.69) is 10.1 Å². The molecule has 0 saturated heterocycles. The predicted molar refractivity (Wildman–Crippen MR) is 82.4 cm³/mol. The van der Waals surface area contributed by atoms with E-state index in [1.165, 1.54) is 6.07 Å². The summed E-state index contributed by atoms with van der Waals surface area (Å²) >= 11 is 5.72. The normalized spacial score (nSPS) is 11.5. The number of hydrogen-bond donors (Lipinski definition) is 1. The molecule has 1 amide bonds. The molecule has 0 fully saturated rings. The number of pyridine rings is 1. The lowest BCUT2D eigenvalue weighted by Crippen LogP contribution is -2.31. The highest BCUT2D eigenvalue weighted by molar-refractivity contribution is 6.32. The Morgan fingerprint density at radius 1 is 1.27 bits per heavy atom. The van der Waals surface area contributed by atoms with Crippen LogP contribution in [0.1, 0.15) is 5.56 Å². The first-order valence-corrected chi connectivity index (χ1v) is 7.26. The molecular formula is C15H10ClF5N2O3. The number of alkyl halides is 5. The Kier molecular flexibility index (Phi) is 5.86. The fraction of sp³-hybridized carbons (Fsp3) is 0.200. The molecule has 5 nitrogen and oxygen atoms in total. The van der Waals surface area contributed by atoms with E-state index in [1.54, 1.807) is 0 Å². The summed E-state index contributed by atoms with van der Waals surface area (Å²) in [5.74, 6) is -1.13. The van der Waals surface area contributed by atoms with Gasteiger partial charge in [0, 0.05) is 11.9 Å². The second-order valence-electron chi connectivity index (χ2n) is 4.92. The number of anilines is 1. The van der Waals surface area contributed by atoms with Crippen LogP contribution in [0, 0.1) is 0 Å². The highest BCUT2D eigenvalue weighted by atomic mass is 35.5. The van der Waals surface area contributed by atoms with Crippen molar-refractivity contribution in [1.29, 1.82) is 0 Å². The molecule has 0 saturated carbocycles. The van der Waals surface area contributed by atoms with Crippen molar-refractivity contribution in [3.63, 3.8) is 0 Å². The lowest BCUT2D eigenvalue weighted by atomic mass is 10.2. The van der Waals surface area contributed by atoms with Crippen molar-refractivity contribution < 1.29 is 31.5 Å². The first-order chi connectivity index (χ1) is 12.1. The molecule has 0 atom stereocenters.